The van der Waals surface area contributed by atoms with E-state index >= 15 is 0 Å². The summed E-state index contributed by atoms with van der Waals surface area (Å²) >= 11 is 1.71. The second-order valence-corrected chi connectivity index (χ2v) is 4.36. The van der Waals surface area contributed by atoms with Crippen molar-refractivity contribution in [2.75, 3.05) is 7.05 Å². The second-order valence-electron chi connectivity index (χ2n) is 3.31. The maximum atomic E-state index is 4.68. The SMILES string of the molecule is CNCc1cccc(SCc2ncon2)c1. The molecule has 84 valence electrons. The van der Waals surface area contributed by atoms with E-state index in [1.54, 1.807) is 11.8 Å². The summed E-state index contributed by atoms with van der Waals surface area (Å²) in [5.41, 5.74) is 1.28. The minimum absolute atomic E-state index is 0.726. The van der Waals surface area contributed by atoms with E-state index in [4.69, 9.17) is 0 Å². The van der Waals surface area contributed by atoms with Gasteiger partial charge in [0.05, 0.1) is 5.75 Å². The summed E-state index contributed by atoms with van der Waals surface area (Å²) in [5.74, 6) is 1.46. The third-order valence-corrected chi connectivity index (χ3v) is 3.04. The standard InChI is InChI=1S/C11H13N3OS/c1-12-6-9-3-2-4-10(5-9)16-7-11-13-8-15-14-11/h2-5,8,12H,6-7H2,1H3. The molecule has 2 aromatic rings. The molecule has 0 aliphatic carbocycles. The Morgan fingerprint density at radius 3 is 3.12 bits per heavy atom. The fourth-order valence-electron chi connectivity index (χ4n) is 1.35. The van der Waals surface area contributed by atoms with E-state index in [1.807, 2.05) is 7.05 Å². The number of nitrogens with zero attached hydrogens (tertiary/aromatic N) is 2. The fraction of sp³-hybridized carbons (Fsp3) is 0.273. The van der Waals surface area contributed by atoms with Crippen LogP contribution in [0.1, 0.15) is 11.4 Å². The molecule has 0 fully saturated rings. The Bertz CT molecular complexity index is 431. The molecule has 1 N–H and O–H groups in total. The zero-order valence-corrected chi connectivity index (χ0v) is 9.83. The summed E-state index contributed by atoms with van der Waals surface area (Å²) in [6.45, 7) is 0.886. The normalized spacial score (nSPS) is 10.6. The molecule has 2 rings (SSSR count). The van der Waals surface area contributed by atoms with Gasteiger partial charge >= 0.3 is 0 Å². The van der Waals surface area contributed by atoms with E-state index in [1.165, 1.54) is 16.9 Å². The first-order valence-corrected chi connectivity index (χ1v) is 5.98. The molecule has 4 nitrogen and oxygen atoms in total. The van der Waals surface area contributed by atoms with Crippen molar-refractivity contribution >= 4 is 11.8 Å². The number of rotatable bonds is 5. The van der Waals surface area contributed by atoms with Gasteiger partial charge in [-0.1, -0.05) is 17.3 Å². The first-order valence-electron chi connectivity index (χ1n) is 5.00. The van der Waals surface area contributed by atoms with Crippen molar-refractivity contribution in [2.45, 2.75) is 17.2 Å². The molecule has 0 aliphatic rings. The highest BCUT2D eigenvalue weighted by Crippen LogP contribution is 2.22. The van der Waals surface area contributed by atoms with E-state index < -0.39 is 0 Å². The molecule has 0 spiro atoms. The average molecular weight is 235 g/mol. The summed E-state index contributed by atoms with van der Waals surface area (Å²) in [6.07, 6.45) is 1.35. The fourth-order valence-corrected chi connectivity index (χ4v) is 2.19. The Morgan fingerprint density at radius 1 is 1.44 bits per heavy atom. The molecular formula is C11H13N3OS. The maximum Gasteiger partial charge on any atom is 0.213 e. The van der Waals surface area contributed by atoms with Gasteiger partial charge < -0.3 is 9.84 Å². The summed E-state index contributed by atoms with van der Waals surface area (Å²) in [5, 5.41) is 6.90. The van der Waals surface area contributed by atoms with Gasteiger partial charge in [0.15, 0.2) is 5.82 Å². The second kappa shape index (κ2) is 5.67. The Morgan fingerprint density at radius 2 is 2.38 bits per heavy atom. The smallest absolute Gasteiger partial charge is 0.213 e. The van der Waals surface area contributed by atoms with E-state index in [9.17, 15) is 0 Å². The van der Waals surface area contributed by atoms with Crippen LogP contribution < -0.4 is 5.32 Å². The lowest BCUT2D eigenvalue weighted by Gasteiger charge is -2.03. The lowest BCUT2D eigenvalue weighted by atomic mass is 10.2. The van der Waals surface area contributed by atoms with Crippen molar-refractivity contribution < 1.29 is 4.52 Å². The molecule has 1 aromatic heterocycles. The highest BCUT2D eigenvalue weighted by molar-refractivity contribution is 7.98. The van der Waals surface area contributed by atoms with Gasteiger partial charge in [0.1, 0.15) is 0 Å². The topological polar surface area (TPSA) is 51.0 Å². The molecule has 16 heavy (non-hydrogen) atoms. The van der Waals surface area contributed by atoms with E-state index in [0.717, 1.165) is 18.1 Å². The van der Waals surface area contributed by atoms with Crippen LogP contribution in [0.15, 0.2) is 40.1 Å². The minimum atomic E-state index is 0.726. The molecule has 0 unspecified atom stereocenters. The average Bonchev–Trinajstić information content (AvgIpc) is 2.80. The van der Waals surface area contributed by atoms with E-state index in [0.29, 0.717) is 0 Å². The molecule has 0 saturated carbocycles. The van der Waals surface area contributed by atoms with Gasteiger partial charge in [-0.05, 0) is 24.7 Å². The van der Waals surface area contributed by atoms with Crippen LogP contribution in [-0.2, 0) is 12.3 Å². The van der Waals surface area contributed by atoms with E-state index in [-0.39, 0.29) is 0 Å². The molecule has 1 aromatic carbocycles. The van der Waals surface area contributed by atoms with Gasteiger partial charge in [-0.15, -0.1) is 11.8 Å². The van der Waals surface area contributed by atoms with Crippen molar-refractivity contribution in [1.29, 1.82) is 0 Å². The molecule has 5 heteroatoms. The lowest BCUT2D eigenvalue weighted by molar-refractivity contribution is 0.412. The summed E-state index contributed by atoms with van der Waals surface area (Å²) in [7, 11) is 1.94. The van der Waals surface area contributed by atoms with Gasteiger partial charge in [0, 0.05) is 11.4 Å². The van der Waals surface area contributed by atoms with Gasteiger partial charge in [-0.3, -0.25) is 0 Å². The van der Waals surface area contributed by atoms with Crippen LogP contribution in [0.2, 0.25) is 0 Å². The molecular weight excluding hydrogens is 222 g/mol. The summed E-state index contributed by atoms with van der Waals surface area (Å²) in [4.78, 5) is 5.20. The van der Waals surface area contributed by atoms with Crippen molar-refractivity contribution in [1.82, 2.24) is 15.5 Å². The molecule has 1 heterocycles. The number of benzene rings is 1. The van der Waals surface area contributed by atoms with Crippen LogP contribution in [0.4, 0.5) is 0 Å². The van der Waals surface area contributed by atoms with Gasteiger partial charge in [-0.2, -0.15) is 4.98 Å². The molecule has 0 amide bonds. The molecule has 0 saturated heterocycles. The van der Waals surface area contributed by atoms with Crippen LogP contribution in [0, 0.1) is 0 Å². The number of hydrogen-bond acceptors (Lipinski definition) is 5. The van der Waals surface area contributed by atoms with Gasteiger partial charge in [0.2, 0.25) is 6.39 Å². The van der Waals surface area contributed by atoms with Crippen LogP contribution in [-0.4, -0.2) is 17.2 Å². The van der Waals surface area contributed by atoms with Crippen molar-refractivity contribution in [2.24, 2.45) is 0 Å². The summed E-state index contributed by atoms with van der Waals surface area (Å²) in [6, 6.07) is 8.42. The van der Waals surface area contributed by atoms with Crippen molar-refractivity contribution in [3.63, 3.8) is 0 Å². The molecule has 0 aliphatic heterocycles. The molecule has 0 radical (unpaired) electrons. The maximum absolute atomic E-state index is 4.68. The highest BCUT2D eigenvalue weighted by Gasteiger charge is 2.01. The number of thioether (sulfide) groups is 1. The Kier molecular flexibility index (Phi) is 3.96. The molecule has 0 atom stereocenters. The number of hydrogen-bond donors (Lipinski definition) is 1. The Balaban J connectivity index is 1.96. The molecule has 0 bridgehead atoms. The zero-order valence-electron chi connectivity index (χ0n) is 9.01. The Hall–Kier alpha value is -1.33. The monoisotopic (exact) mass is 235 g/mol. The van der Waals surface area contributed by atoms with Crippen LogP contribution in [0.5, 0.6) is 0 Å². The third-order valence-electron chi connectivity index (χ3n) is 2.05. The van der Waals surface area contributed by atoms with Crippen LogP contribution >= 0.6 is 11.8 Å². The Labute approximate surface area is 98.4 Å². The third kappa shape index (κ3) is 3.08. The van der Waals surface area contributed by atoms with Crippen LogP contribution in [0.25, 0.3) is 0 Å². The minimum Gasteiger partial charge on any atom is -0.343 e. The van der Waals surface area contributed by atoms with Crippen molar-refractivity contribution in [3.05, 3.63) is 42.0 Å². The summed E-state index contributed by atoms with van der Waals surface area (Å²) < 4.78 is 4.68. The zero-order chi connectivity index (χ0) is 11.2. The quantitative estimate of drug-likeness (QED) is 0.804. The van der Waals surface area contributed by atoms with Gasteiger partial charge in [-0.25, -0.2) is 0 Å². The predicted molar refractivity (Wildman–Crippen MR) is 63.1 cm³/mol. The number of aromatic nitrogens is 2. The highest BCUT2D eigenvalue weighted by atomic mass is 32.2. The van der Waals surface area contributed by atoms with Crippen LogP contribution in [0.3, 0.4) is 0 Å². The predicted octanol–water partition coefficient (Wildman–Crippen LogP) is 2.08. The number of nitrogens with one attached hydrogen (secondary N) is 1. The van der Waals surface area contributed by atoms with E-state index in [2.05, 4.69) is 44.2 Å². The largest absolute Gasteiger partial charge is 0.343 e. The van der Waals surface area contributed by atoms with Gasteiger partial charge in [0.25, 0.3) is 0 Å². The first-order chi connectivity index (χ1) is 7.88. The lowest BCUT2D eigenvalue weighted by Crippen LogP contribution is -2.04. The first kappa shape index (κ1) is 11.2. The van der Waals surface area contributed by atoms with Crippen molar-refractivity contribution in [3.8, 4) is 0 Å².